The summed E-state index contributed by atoms with van der Waals surface area (Å²) >= 11 is 3.48. The maximum atomic E-state index is 4.23. The molecule has 2 rings (SSSR count). The van der Waals surface area contributed by atoms with Crippen LogP contribution in [0.2, 0.25) is 0 Å². The first-order chi connectivity index (χ1) is 8.25. The average molecular weight is 297 g/mol. The molecule has 1 saturated carbocycles. The van der Waals surface area contributed by atoms with Crippen LogP contribution in [-0.4, -0.2) is 23.0 Å². The van der Waals surface area contributed by atoms with Gasteiger partial charge in [-0.05, 0) is 47.4 Å². The van der Waals surface area contributed by atoms with E-state index in [1.807, 2.05) is 12.4 Å². The van der Waals surface area contributed by atoms with Gasteiger partial charge in [0.1, 0.15) is 0 Å². The Morgan fingerprint density at radius 2 is 1.94 bits per heavy atom. The molecule has 0 N–H and O–H groups in total. The van der Waals surface area contributed by atoms with Crippen molar-refractivity contribution < 1.29 is 0 Å². The average Bonchev–Trinajstić information content (AvgIpc) is 2.57. The van der Waals surface area contributed by atoms with Crippen molar-refractivity contribution >= 4 is 15.9 Å². The van der Waals surface area contributed by atoms with Crippen molar-refractivity contribution in [1.29, 1.82) is 0 Å². The number of hydrogen-bond acceptors (Lipinski definition) is 2. The van der Waals surface area contributed by atoms with Crippen molar-refractivity contribution in [3.05, 3.63) is 28.5 Å². The molecule has 0 bridgehead atoms. The van der Waals surface area contributed by atoms with Gasteiger partial charge in [-0.25, -0.2) is 0 Å². The Balaban J connectivity index is 1.93. The number of nitrogens with zero attached hydrogens (tertiary/aromatic N) is 2. The summed E-state index contributed by atoms with van der Waals surface area (Å²) in [4.78, 5) is 6.72. The summed E-state index contributed by atoms with van der Waals surface area (Å²) in [7, 11) is 2.25. The van der Waals surface area contributed by atoms with Crippen LogP contribution in [0, 0.1) is 0 Å². The molecule has 0 aliphatic heterocycles. The number of hydrogen-bond donors (Lipinski definition) is 0. The molecule has 0 unspecified atom stereocenters. The topological polar surface area (TPSA) is 16.1 Å². The van der Waals surface area contributed by atoms with Crippen LogP contribution in [0.3, 0.4) is 0 Å². The minimum absolute atomic E-state index is 0.761. The summed E-state index contributed by atoms with van der Waals surface area (Å²) in [6, 6.07) is 2.93. The van der Waals surface area contributed by atoms with E-state index in [4.69, 9.17) is 0 Å². The van der Waals surface area contributed by atoms with Gasteiger partial charge in [0.15, 0.2) is 0 Å². The molecule has 3 heteroatoms. The summed E-state index contributed by atoms with van der Waals surface area (Å²) in [6.45, 7) is 1.01. The molecule has 0 saturated heterocycles. The minimum atomic E-state index is 0.761. The smallest absolute Gasteiger partial charge is 0.0410 e. The highest BCUT2D eigenvalue weighted by molar-refractivity contribution is 9.10. The predicted octanol–water partition coefficient (Wildman–Crippen LogP) is 4.00. The van der Waals surface area contributed by atoms with Gasteiger partial charge in [-0.2, -0.15) is 0 Å². The van der Waals surface area contributed by atoms with E-state index in [9.17, 15) is 0 Å². The lowest BCUT2D eigenvalue weighted by Crippen LogP contribution is -2.30. The molecule has 1 aliphatic rings. The van der Waals surface area contributed by atoms with Gasteiger partial charge in [0.05, 0.1) is 0 Å². The molecule has 1 aliphatic carbocycles. The molecule has 0 radical (unpaired) electrons. The fraction of sp³-hybridized carbons (Fsp3) is 0.643. The van der Waals surface area contributed by atoms with Gasteiger partial charge in [0, 0.05) is 29.5 Å². The van der Waals surface area contributed by atoms with E-state index in [0.29, 0.717) is 0 Å². The quantitative estimate of drug-likeness (QED) is 0.784. The lowest BCUT2D eigenvalue weighted by molar-refractivity contribution is 0.213. The third kappa shape index (κ3) is 4.07. The molecule has 0 amide bonds. The van der Waals surface area contributed by atoms with Gasteiger partial charge in [0.25, 0.3) is 0 Å². The molecule has 17 heavy (non-hydrogen) atoms. The molecule has 0 spiro atoms. The van der Waals surface area contributed by atoms with E-state index >= 15 is 0 Å². The molecular weight excluding hydrogens is 276 g/mol. The normalized spacial score (nSPS) is 18.3. The first-order valence-electron chi connectivity index (χ1n) is 6.55. The number of halogens is 1. The van der Waals surface area contributed by atoms with E-state index in [1.54, 1.807) is 0 Å². The van der Waals surface area contributed by atoms with Gasteiger partial charge < -0.3 is 0 Å². The Kier molecular flexibility index (Phi) is 4.99. The van der Waals surface area contributed by atoms with Crippen LogP contribution < -0.4 is 0 Å². The van der Waals surface area contributed by atoms with Crippen LogP contribution in [0.4, 0.5) is 0 Å². The maximum Gasteiger partial charge on any atom is 0.0410 e. The van der Waals surface area contributed by atoms with Crippen molar-refractivity contribution in [3.8, 4) is 0 Å². The monoisotopic (exact) mass is 296 g/mol. The third-order valence-electron chi connectivity index (χ3n) is 3.64. The van der Waals surface area contributed by atoms with Crippen LogP contribution in [0.15, 0.2) is 22.9 Å². The van der Waals surface area contributed by atoms with Gasteiger partial charge in [-0.3, -0.25) is 9.88 Å². The molecule has 2 nitrogen and oxygen atoms in total. The summed E-state index contributed by atoms with van der Waals surface area (Å²) < 4.78 is 1.07. The number of pyridine rings is 1. The number of aromatic nitrogens is 1. The second kappa shape index (κ2) is 6.50. The minimum Gasteiger partial charge on any atom is -0.299 e. The van der Waals surface area contributed by atoms with Crippen molar-refractivity contribution in [3.63, 3.8) is 0 Å². The Hall–Kier alpha value is -0.410. The highest BCUT2D eigenvalue weighted by atomic mass is 79.9. The van der Waals surface area contributed by atoms with Gasteiger partial charge in [-0.15, -0.1) is 0 Å². The molecule has 1 heterocycles. The molecule has 94 valence electrons. The van der Waals surface area contributed by atoms with E-state index in [2.05, 4.69) is 38.9 Å². The molecule has 1 aromatic rings. The van der Waals surface area contributed by atoms with E-state index < -0.39 is 0 Å². The molecular formula is C14H21BrN2. The zero-order valence-electron chi connectivity index (χ0n) is 10.5. The first-order valence-corrected chi connectivity index (χ1v) is 7.34. The first kappa shape index (κ1) is 13.0. The Morgan fingerprint density at radius 1 is 1.24 bits per heavy atom. The highest BCUT2D eigenvalue weighted by Gasteiger charge is 2.16. The van der Waals surface area contributed by atoms with Crippen LogP contribution in [0.25, 0.3) is 0 Å². The third-order valence-corrected chi connectivity index (χ3v) is 4.08. The lowest BCUT2D eigenvalue weighted by atomic mass is 10.1. The summed E-state index contributed by atoms with van der Waals surface area (Å²) in [5, 5.41) is 0. The second-order valence-electron chi connectivity index (χ2n) is 5.07. The molecule has 0 atom stereocenters. The molecule has 1 fully saturated rings. The van der Waals surface area contributed by atoms with Gasteiger partial charge in [0.2, 0.25) is 0 Å². The summed E-state index contributed by atoms with van der Waals surface area (Å²) in [5.41, 5.74) is 1.30. The lowest BCUT2D eigenvalue weighted by Gasteiger charge is -2.27. The van der Waals surface area contributed by atoms with Crippen molar-refractivity contribution in [2.75, 3.05) is 7.05 Å². The van der Waals surface area contributed by atoms with Gasteiger partial charge >= 0.3 is 0 Å². The zero-order valence-corrected chi connectivity index (χ0v) is 12.1. The largest absolute Gasteiger partial charge is 0.299 e. The van der Waals surface area contributed by atoms with Crippen molar-refractivity contribution in [2.45, 2.75) is 51.1 Å². The van der Waals surface area contributed by atoms with Crippen LogP contribution in [-0.2, 0) is 6.54 Å². The Morgan fingerprint density at radius 3 is 2.59 bits per heavy atom. The molecule has 0 aromatic carbocycles. The van der Waals surface area contributed by atoms with Crippen LogP contribution in [0.5, 0.6) is 0 Å². The highest BCUT2D eigenvalue weighted by Crippen LogP contribution is 2.22. The Bertz CT molecular complexity index is 346. The van der Waals surface area contributed by atoms with E-state index in [0.717, 1.165) is 17.1 Å². The fourth-order valence-corrected chi connectivity index (χ4v) is 3.07. The van der Waals surface area contributed by atoms with Crippen molar-refractivity contribution in [2.24, 2.45) is 0 Å². The Labute approximate surface area is 113 Å². The van der Waals surface area contributed by atoms with E-state index in [-0.39, 0.29) is 0 Å². The van der Waals surface area contributed by atoms with Crippen molar-refractivity contribution in [1.82, 2.24) is 9.88 Å². The van der Waals surface area contributed by atoms with Crippen LogP contribution in [0.1, 0.15) is 44.1 Å². The summed E-state index contributed by atoms with van der Waals surface area (Å²) in [5.74, 6) is 0. The number of rotatable bonds is 3. The van der Waals surface area contributed by atoms with Gasteiger partial charge in [-0.1, -0.05) is 25.7 Å². The molecule has 1 aromatic heterocycles. The maximum absolute atomic E-state index is 4.23. The zero-order chi connectivity index (χ0) is 12.1. The van der Waals surface area contributed by atoms with Crippen LogP contribution >= 0.6 is 15.9 Å². The standard InChI is InChI=1S/C14H21BrN2/c1-17(14-6-4-2-3-5-7-14)11-12-8-13(15)10-16-9-12/h8-10,14H,2-7,11H2,1H3. The summed E-state index contributed by atoms with van der Waals surface area (Å²) in [6.07, 6.45) is 12.2. The predicted molar refractivity (Wildman–Crippen MR) is 74.9 cm³/mol. The fourth-order valence-electron chi connectivity index (χ4n) is 2.66. The SMILES string of the molecule is CN(Cc1cncc(Br)c1)C1CCCCCC1. The second-order valence-corrected chi connectivity index (χ2v) is 5.99. The van der Waals surface area contributed by atoms with E-state index in [1.165, 1.54) is 44.1 Å².